The average Bonchev–Trinajstić information content (AvgIpc) is 2.83. The van der Waals surface area contributed by atoms with Crippen LogP contribution < -0.4 is 0 Å². The summed E-state index contributed by atoms with van der Waals surface area (Å²) >= 11 is 0. The molecule has 21 heavy (non-hydrogen) atoms. The van der Waals surface area contributed by atoms with E-state index in [1.54, 1.807) is 10.8 Å². The Hall–Kier alpha value is -2.37. The summed E-state index contributed by atoms with van der Waals surface area (Å²) in [4.78, 5) is 10.8. The molecule has 0 bridgehead atoms. The van der Waals surface area contributed by atoms with E-state index < -0.39 is 5.97 Å². The van der Waals surface area contributed by atoms with Crippen molar-refractivity contribution < 1.29 is 9.90 Å². The SMILES string of the molecule is CCc1c(C)nn(-c2c(/C=C/C(=O)O)c(C)nn2C)c1C. The second-order valence-corrected chi connectivity index (χ2v) is 5.03. The van der Waals surface area contributed by atoms with Gasteiger partial charge in [-0.15, -0.1) is 0 Å². The Bertz CT molecular complexity index is 723. The van der Waals surface area contributed by atoms with E-state index in [4.69, 9.17) is 5.11 Å². The molecule has 6 heteroatoms. The lowest BCUT2D eigenvalue weighted by atomic mass is 10.1. The van der Waals surface area contributed by atoms with Crippen LogP contribution in [0.2, 0.25) is 0 Å². The van der Waals surface area contributed by atoms with Gasteiger partial charge in [-0.2, -0.15) is 10.2 Å². The van der Waals surface area contributed by atoms with Crippen molar-refractivity contribution >= 4 is 12.0 Å². The summed E-state index contributed by atoms with van der Waals surface area (Å²) in [5.41, 5.74) is 4.80. The molecule has 2 heterocycles. The van der Waals surface area contributed by atoms with E-state index in [0.717, 1.165) is 41.0 Å². The van der Waals surface area contributed by atoms with E-state index in [-0.39, 0.29) is 0 Å². The van der Waals surface area contributed by atoms with E-state index in [0.29, 0.717) is 0 Å². The van der Waals surface area contributed by atoms with Crippen LogP contribution >= 0.6 is 0 Å². The van der Waals surface area contributed by atoms with Crippen molar-refractivity contribution in [1.82, 2.24) is 19.6 Å². The van der Waals surface area contributed by atoms with Crippen molar-refractivity contribution in [3.05, 3.63) is 34.3 Å². The molecule has 1 N–H and O–H groups in total. The number of nitrogens with zero attached hydrogens (tertiary/aromatic N) is 4. The number of carboxylic acids is 1. The molecule has 2 rings (SSSR count). The molecule has 0 aliphatic carbocycles. The lowest BCUT2D eigenvalue weighted by Gasteiger charge is -2.07. The van der Waals surface area contributed by atoms with Gasteiger partial charge >= 0.3 is 5.97 Å². The molecule has 0 radical (unpaired) electrons. The zero-order chi connectivity index (χ0) is 15.7. The highest BCUT2D eigenvalue weighted by Gasteiger charge is 2.18. The van der Waals surface area contributed by atoms with Crippen LogP contribution in [-0.2, 0) is 18.3 Å². The predicted octanol–water partition coefficient (Wildman–Crippen LogP) is 2.19. The van der Waals surface area contributed by atoms with Crippen molar-refractivity contribution in [3.63, 3.8) is 0 Å². The van der Waals surface area contributed by atoms with Crippen LogP contribution in [0.25, 0.3) is 11.9 Å². The summed E-state index contributed by atoms with van der Waals surface area (Å²) < 4.78 is 3.57. The normalized spacial score (nSPS) is 11.5. The van der Waals surface area contributed by atoms with Crippen molar-refractivity contribution in [2.24, 2.45) is 7.05 Å². The molecule has 0 fully saturated rings. The third-order valence-electron chi connectivity index (χ3n) is 3.63. The third kappa shape index (κ3) is 2.61. The van der Waals surface area contributed by atoms with Crippen LogP contribution in [0.15, 0.2) is 6.08 Å². The van der Waals surface area contributed by atoms with E-state index in [2.05, 4.69) is 17.1 Å². The van der Waals surface area contributed by atoms with E-state index >= 15 is 0 Å². The van der Waals surface area contributed by atoms with E-state index in [9.17, 15) is 4.79 Å². The zero-order valence-electron chi connectivity index (χ0n) is 13.0. The Balaban J connectivity index is 2.67. The van der Waals surface area contributed by atoms with Crippen molar-refractivity contribution in [2.75, 3.05) is 0 Å². The maximum Gasteiger partial charge on any atom is 0.328 e. The molecule has 0 spiro atoms. The zero-order valence-corrected chi connectivity index (χ0v) is 13.0. The standard InChI is InChI=1S/C15H20N4O2/c1-6-12-9(2)17-19(11(12)4)15-13(7-8-14(20)21)10(3)16-18(15)5/h7-8H,6H2,1-5H3,(H,20,21)/b8-7+. The molecule has 2 aromatic heterocycles. The Morgan fingerprint density at radius 3 is 2.43 bits per heavy atom. The minimum Gasteiger partial charge on any atom is -0.478 e. The van der Waals surface area contributed by atoms with Gasteiger partial charge in [-0.05, 0) is 38.8 Å². The van der Waals surface area contributed by atoms with Gasteiger partial charge in [-0.3, -0.25) is 4.68 Å². The molecule has 0 aliphatic rings. The number of aryl methyl sites for hydroxylation is 3. The smallest absolute Gasteiger partial charge is 0.328 e. The third-order valence-corrected chi connectivity index (χ3v) is 3.63. The van der Waals surface area contributed by atoms with Gasteiger partial charge in [0.15, 0.2) is 5.82 Å². The molecule has 0 saturated heterocycles. The lowest BCUT2D eigenvalue weighted by Crippen LogP contribution is -2.08. The Kier molecular flexibility index (Phi) is 3.97. The van der Waals surface area contributed by atoms with Gasteiger partial charge in [0.1, 0.15) is 0 Å². The fourth-order valence-electron chi connectivity index (χ4n) is 2.66. The van der Waals surface area contributed by atoms with Gasteiger partial charge in [0, 0.05) is 24.4 Å². The number of hydrogen-bond acceptors (Lipinski definition) is 3. The number of carboxylic acid groups (broad SMARTS) is 1. The highest BCUT2D eigenvalue weighted by atomic mass is 16.4. The maximum absolute atomic E-state index is 10.8. The minimum atomic E-state index is -0.980. The van der Waals surface area contributed by atoms with Crippen molar-refractivity contribution in [3.8, 4) is 5.82 Å². The highest BCUT2D eigenvalue weighted by Crippen LogP contribution is 2.23. The molecule has 0 amide bonds. The molecule has 6 nitrogen and oxygen atoms in total. The summed E-state index contributed by atoms with van der Waals surface area (Å²) in [5, 5.41) is 17.8. The second-order valence-electron chi connectivity index (χ2n) is 5.03. The van der Waals surface area contributed by atoms with Crippen molar-refractivity contribution in [2.45, 2.75) is 34.1 Å². The van der Waals surface area contributed by atoms with Crippen LogP contribution in [0.5, 0.6) is 0 Å². The highest BCUT2D eigenvalue weighted by molar-refractivity contribution is 5.86. The number of aliphatic carboxylic acids is 1. The molecule has 0 atom stereocenters. The largest absolute Gasteiger partial charge is 0.478 e. The predicted molar refractivity (Wildman–Crippen MR) is 80.6 cm³/mol. The monoisotopic (exact) mass is 288 g/mol. The van der Waals surface area contributed by atoms with Crippen LogP contribution in [0, 0.1) is 20.8 Å². The Labute approximate surface area is 123 Å². The Morgan fingerprint density at radius 2 is 1.90 bits per heavy atom. The van der Waals surface area contributed by atoms with Crippen molar-refractivity contribution in [1.29, 1.82) is 0 Å². The van der Waals surface area contributed by atoms with Gasteiger partial charge in [-0.1, -0.05) is 6.92 Å². The van der Waals surface area contributed by atoms with Crippen LogP contribution in [0.4, 0.5) is 0 Å². The first-order chi connectivity index (χ1) is 9.86. The fourth-order valence-corrected chi connectivity index (χ4v) is 2.66. The van der Waals surface area contributed by atoms with Gasteiger partial charge in [0.2, 0.25) is 0 Å². The van der Waals surface area contributed by atoms with E-state index in [1.807, 2.05) is 32.5 Å². The van der Waals surface area contributed by atoms with Crippen LogP contribution in [0.3, 0.4) is 0 Å². The summed E-state index contributed by atoms with van der Waals surface area (Å²) in [5.74, 6) is -0.197. The Morgan fingerprint density at radius 1 is 1.24 bits per heavy atom. The van der Waals surface area contributed by atoms with Crippen LogP contribution in [-0.4, -0.2) is 30.6 Å². The fraction of sp³-hybridized carbons (Fsp3) is 0.400. The number of rotatable bonds is 4. The molecule has 2 aromatic rings. The number of hydrogen-bond donors (Lipinski definition) is 1. The first kappa shape index (κ1) is 15.0. The van der Waals surface area contributed by atoms with Gasteiger partial charge in [-0.25, -0.2) is 9.48 Å². The molecule has 0 aromatic carbocycles. The first-order valence-corrected chi connectivity index (χ1v) is 6.86. The van der Waals surface area contributed by atoms with Gasteiger partial charge in [0.05, 0.1) is 11.4 Å². The lowest BCUT2D eigenvalue weighted by molar-refractivity contribution is -0.131. The van der Waals surface area contributed by atoms with Crippen LogP contribution in [0.1, 0.15) is 35.1 Å². The maximum atomic E-state index is 10.8. The average molecular weight is 288 g/mol. The summed E-state index contributed by atoms with van der Waals surface area (Å²) in [6, 6.07) is 0. The minimum absolute atomic E-state index is 0.771. The summed E-state index contributed by atoms with van der Waals surface area (Å²) in [6.45, 7) is 7.96. The molecule has 112 valence electrons. The second kappa shape index (κ2) is 5.55. The van der Waals surface area contributed by atoms with E-state index in [1.165, 1.54) is 5.56 Å². The molecular weight excluding hydrogens is 268 g/mol. The molecule has 0 saturated carbocycles. The quantitative estimate of drug-likeness (QED) is 0.875. The number of carbonyl (C=O) groups is 1. The molecular formula is C15H20N4O2. The number of aromatic nitrogens is 4. The van der Waals surface area contributed by atoms with Gasteiger partial charge in [0.25, 0.3) is 0 Å². The topological polar surface area (TPSA) is 72.9 Å². The van der Waals surface area contributed by atoms with Gasteiger partial charge < -0.3 is 5.11 Å². The molecule has 0 aliphatic heterocycles. The summed E-state index contributed by atoms with van der Waals surface area (Å²) in [6.07, 6.45) is 3.61. The molecule has 0 unspecified atom stereocenters. The summed E-state index contributed by atoms with van der Waals surface area (Å²) in [7, 11) is 1.84. The first-order valence-electron chi connectivity index (χ1n) is 6.86.